The monoisotopic (exact) mass is 265 g/mol. The third kappa shape index (κ3) is 2.70. The molecule has 2 rings (SSSR count). The van der Waals surface area contributed by atoms with E-state index in [0.29, 0.717) is 0 Å². The van der Waals surface area contributed by atoms with Gasteiger partial charge in [-0.3, -0.25) is 0 Å². The van der Waals surface area contributed by atoms with Crippen molar-refractivity contribution >= 4 is 15.9 Å². The zero-order valence-corrected chi connectivity index (χ0v) is 9.78. The van der Waals surface area contributed by atoms with Crippen molar-refractivity contribution in [1.82, 2.24) is 0 Å². The predicted octanol–water partition coefficient (Wildman–Crippen LogP) is 3.28. The van der Waals surface area contributed by atoms with Gasteiger partial charge in [-0.1, -0.05) is 28.1 Å². The van der Waals surface area contributed by atoms with Crippen molar-refractivity contribution in [2.24, 2.45) is 5.73 Å². The Hall–Kier alpha value is -1.06. The highest BCUT2D eigenvalue weighted by atomic mass is 79.9. The number of halogens is 1. The lowest BCUT2D eigenvalue weighted by molar-refractivity contribution is 0.488. The molecule has 2 nitrogen and oxygen atoms in total. The van der Waals surface area contributed by atoms with Gasteiger partial charge in [-0.05, 0) is 29.8 Å². The largest absolute Gasteiger partial charge is 0.469 e. The summed E-state index contributed by atoms with van der Waals surface area (Å²) in [5.41, 5.74) is 7.18. The zero-order chi connectivity index (χ0) is 10.7. The maximum Gasteiger partial charge on any atom is 0.105 e. The van der Waals surface area contributed by atoms with Crippen LogP contribution < -0.4 is 5.73 Å². The van der Waals surface area contributed by atoms with Gasteiger partial charge in [0.05, 0.1) is 6.26 Å². The average Bonchev–Trinajstić information content (AvgIpc) is 2.71. The molecular formula is C12H12BrNO. The van der Waals surface area contributed by atoms with Crippen LogP contribution in [0.15, 0.2) is 51.6 Å². The maximum atomic E-state index is 6.06. The predicted molar refractivity (Wildman–Crippen MR) is 63.5 cm³/mol. The van der Waals surface area contributed by atoms with Crippen LogP contribution in [0.5, 0.6) is 0 Å². The second-order valence-electron chi connectivity index (χ2n) is 3.44. The van der Waals surface area contributed by atoms with E-state index in [2.05, 4.69) is 15.9 Å². The Morgan fingerprint density at radius 3 is 2.53 bits per heavy atom. The number of benzene rings is 1. The minimum atomic E-state index is -0.00995. The second-order valence-corrected chi connectivity index (χ2v) is 4.36. The van der Waals surface area contributed by atoms with E-state index in [9.17, 15) is 0 Å². The van der Waals surface area contributed by atoms with Gasteiger partial charge in [-0.25, -0.2) is 0 Å². The standard InChI is InChI=1S/C12H12BrNO/c13-10-5-3-9(4-6-10)12(14)8-11-2-1-7-15-11/h1-7,12H,8,14H2. The van der Waals surface area contributed by atoms with Gasteiger partial charge in [0, 0.05) is 16.9 Å². The molecule has 78 valence electrons. The molecule has 1 heterocycles. The van der Waals surface area contributed by atoms with Crippen molar-refractivity contribution < 1.29 is 4.42 Å². The lowest BCUT2D eigenvalue weighted by Gasteiger charge is -2.10. The first-order valence-corrected chi connectivity index (χ1v) is 5.58. The molecular weight excluding hydrogens is 254 g/mol. The van der Waals surface area contributed by atoms with E-state index >= 15 is 0 Å². The van der Waals surface area contributed by atoms with Crippen LogP contribution in [0.3, 0.4) is 0 Å². The first-order valence-electron chi connectivity index (χ1n) is 4.79. The Kier molecular flexibility index (Phi) is 3.23. The number of hydrogen-bond donors (Lipinski definition) is 1. The number of furan rings is 1. The van der Waals surface area contributed by atoms with Gasteiger partial charge in [0.15, 0.2) is 0 Å². The van der Waals surface area contributed by atoms with E-state index in [1.165, 1.54) is 0 Å². The molecule has 1 unspecified atom stereocenters. The molecule has 0 aliphatic heterocycles. The highest BCUT2D eigenvalue weighted by molar-refractivity contribution is 9.10. The van der Waals surface area contributed by atoms with Gasteiger partial charge in [0.25, 0.3) is 0 Å². The van der Waals surface area contributed by atoms with Crippen LogP contribution in [0.1, 0.15) is 17.4 Å². The summed E-state index contributed by atoms with van der Waals surface area (Å²) in [6.45, 7) is 0. The van der Waals surface area contributed by atoms with Crippen molar-refractivity contribution in [2.75, 3.05) is 0 Å². The molecule has 1 atom stereocenters. The Bertz CT molecular complexity index is 408. The minimum absolute atomic E-state index is 0.00995. The Morgan fingerprint density at radius 2 is 1.93 bits per heavy atom. The average molecular weight is 266 g/mol. The smallest absolute Gasteiger partial charge is 0.105 e. The fourth-order valence-corrected chi connectivity index (χ4v) is 1.74. The van der Waals surface area contributed by atoms with Gasteiger partial charge < -0.3 is 10.2 Å². The third-order valence-corrected chi connectivity index (χ3v) is 2.83. The fourth-order valence-electron chi connectivity index (χ4n) is 1.47. The summed E-state index contributed by atoms with van der Waals surface area (Å²) in [6, 6.07) is 11.9. The molecule has 0 aliphatic carbocycles. The van der Waals surface area contributed by atoms with Gasteiger partial charge in [-0.2, -0.15) is 0 Å². The third-order valence-electron chi connectivity index (χ3n) is 2.30. The molecule has 0 spiro atoms. The SMILES string of the molecule is NC(Cc1ccco1)c1ccc(Br)cc1. The highest BCUT2D eigenvalue weighted by Crippen LogP contribution is 2.18. The van der Waals surface area contributed by atoms with Crippen molar-refractivity contribution in [3.63, 3.8) is 0 Å². The summed E-state index contributed by atoms with van der Waals surface area (Å²) >= 11 is 3.40. The molecule has 0 radical (unpaired) electrons. The van der Waals surface area contributed by atoms with E-state index in [-0.39, 0.29) is 6.04 Å². The minimum Gasteiger partial charge on any atom is -0.469 e. The van der Waals surface area contributed by atoms with Gasteiger partial charge in [0.2, 0.25) is 0 Å². The molecule has 3 heteroatoms. The van der Waals surface area contributed by atoms with Crippen molar-refractivity contribution in [3.05, 3.63) is 58.5 Å². The summed E-state index contributed by atoms with van der Waals surface area (Å²) in [4.78, 5) is 0. The van der Waals surface area contributed by atoms with Crippen molar-refractivity contribution in [1.29, 1.82) is 0 Å². The summed E-state index contributed by atoms with van der Waals surface area (Å²) in [5.74, 6) is 0.922. The van der Waals surface area contributed by atoms with Crippen molar-refractivity contribution in [2.45, 2.75) is 12.5 Å². The van der Waals surface area contributed by atoms with Crippen LogP contribution in [0.25, 0.3) is 0 Å². The molecule has 0 aliphatic rings. The molecule has 0 fully saturated rings. The van der Waals surface area contributed by atoms with Crippen LogP contribution in [0.4, 0.5) is 0 Å². The van der Waals surface area contributed by atoms with Gasteiger partial charge >= 0.3 is 0 Å². The van der Waals surface area contributed by atoms with E-state index in [0.717, 1.165) is 22.2 Å². The van der Waals surface area contributed by atoms with Gasteiger partial charge in [0.1, 0.15) is 5.76 Å². The summed E-state index contributed by atoms with van der Waals surface area (Å²) in [5, 5.41) is 0. The molecule has 2 aromatic rings. The molecule has 1 aromatic heterocycles. The van der Waals surface area contributed by atoms with Gasteiger partial charge in [-0.15, -0.1) is 0 Å². The van der Waals surface area contributed by atoms with Crippen molar-refractivity contribution in [3.8, 4) is 0 Å². The summed E-state index contributed by atoms with van der Waals surface area (Å²) < 4.78 is 6.33. The molecule has 1 aromatic carbocycles. The highest BCUT2D eigenvalue weighted by Gasteiger charge is 2.08. The first kappa shape index (κ1) is 10.5. The van der Waals surface area contributed by atoms with Crippen LogP contribution in [0, 0.1) is 0 Å². The van der Waals surface area contributed by atoms with Crippen LogP contribution >= 0.6 is 15.9 Å². The zero-order valence-electron chi connectivity index (χ0n) is 8.19. The van der Waals surface area contributed by atoms with E-state index in [4.69, 9.17) is 10.2 Å². The number of rotatable bonds is 3. The number of hydrogen-bond acceptors (Lipinski definition) is 2. The second kappa shape index (κ2) is 4.64. The summed E-state index contributed by atoms with van der Waals surface area (Å²) in [7, 11) is 0. The first-order chi connectivity index (χ1) is 7.25. The summed E-state index contributed by atoms with van der Waals surface area (Å²) in [6.07, 6.45) is 2.40. The van der Waals surface area contributed by atoms with Crippen LogP contribution in [-0.2, 0) is 6.42 Å². The Morgan fingerprint density at radius 1 is 1.20 bits per heavy atom. The van der Waals surface area contributed by atoms with Crippen LogP contribution in [0.2, 0.25) is 0 Å². The molecule has 0 saturated carbocycles. The molecule has 0 amide bonds. The van der Waals surface area contributed by atoms with E-state index in [1.807, 2.05) is 36.4 Å². The number of nitrogens with two attached hydrogens (primary N) is 1. The lowest BCUT2D eigenvalue weighted by Crippen LogP contribution is -2.12. The quantitative estimate of drug-likeness (QED) is 0.925. The van der Waals surface area contributed by atoms with E-state index < -0.39 is 0 Å². The normalized spacial score (nSPS) is 12.7. The lowest BCUT2D eigenvalue weighted by atomic mass is 10.0. The molecule has 15 heavy (non-hydrogen) atoms. The topological polar surface area (TPSA) is 39.2 Å². The molecule has 0 saturated heterocycles. The Labute approximate surface area is 97.2 Å². The molecule has 2 N–H and O–H groups in total. The Balaban J connectivity index is 2.08. The molecule has 0 bridgehead atoms. The fraction of sp³-hybridized carbons (Fsp3) is 0.167. The maximum absolute atomic E-state index is 6.06. The van der Waals surface area contributed by atoms with E-state index in [1.54, 1.807) is 6.26 Å². The van der Waals surface area contributed by atoms with Crippen LogP contribution in [-0.4, -0.2) is 0 Å².